The summed E-state index contributed by atoms with van der Waals surface area (Å²) in [6.45, 7) is 2.80. The van der Waals surface area contributed by atoms with Gasteiger partial charge in [0.2, 0.25) is 0 Å². The molecule has 0 radical (unpaired) electrons. The summed E-state index contributed by atoms with van der Waals surface area (Å²) in [7, 11) is 1.59. The van der Waals surface area contributed by atoms with Gasteiger partial charge in [0.1, 0.15) is 11.4 Å². The first-order chi connectivity index (χ1) is 9.76. The summed E-state index contributed by atoms with van der Waals surface area (Å²) < 4.78 is 5.77. The molecule has 1 heterocycles. The molecule has 0 atom stereocenters. The molecular formula is C15H19N3O2. The van der Waals surface area contributed by atoms with Crippen molar-refractivity contribution in [2.24, 2.45) is 0 Å². The molecule has 0 unspecified atom stereocenters. The molecule has 2 N–H and O–H groups in total. The predicted octanol–water partition coefficient (Wildman–Crippen LogP) is 2.62. The van der Waals surface area contributed by atoms with Crippen molar-refractivity contribution in [3.05, 3.63) is 36.0 Å². The van der Waals surface area contributed by atoms with Gasteiger partial charge in [-0.05, 0) is 24.6 Å². The number of aromatic amines is 1. The average molecular weight is 273 g/mol. The van der Waals surface area contributed by atoms with E-state index in [0.717, 1.165) is 24.2 Å². The van der Waals surface area contributed by atoms with Crippen LogP contribution in [0.2, 0.25) is 0 Å². The molecule has 0 spiro atoms. The summed E-state index contributed by atoms with van der Waals surface area (Å²) in [6.07, 6.45) is 2.10. The van der Waals surface area contributed by atoms with Crippen LogP contribution in [0, 0.1) is 0 Å². The molecule has 2 aromatic rings. The van der Waals surface area contributed by atoms with Crippen LogP contribution in [-0.4, -0.2) is 29.8 Å². The molecule has 0 fully saturated rings. The molecule has 2 rings (SSSR count). The normalized spacial score (nSPS) is 10.3. The van der Waals surface area contributed by atoms with Gasteiger partial charge in [0, 0.05) is 12.6 Å². The number of rotatable bonds is 6. The molecule has 106 valence electrons. The largest absolute Gasteiger partial charge is 0.493 e. The molecule has 0 saturated carbocycles. The van der Waals surface area contributed by atoms with Crippen LogP contribution in [0.3, 0.4) is 0 Å². The Bertz CT molecular complexity index is 578. The number of H-pyrrole nitrogens is 1. The standard InChI is InChI=1S/C15H19N3O2/c1-3-4-9-20-14-8-6-5-7-11(14)12-10-13(18-17-12)15(19)16-2/h5-8,10H,3-4,9H2,1-2H3,(H,16,19)(H,17,18). The number of benzene rings is 1. The van der Waals surface area contributed by atoms with E-state index in [1.165, 1.54) is 0 Å². The fraction of sp³-hybridized carbons (Fsp3) is 0.333. The van der Waals surface area contributed by atoms with Crippen LogP contribution in [0.15, 0.2) is 30.3 Å². The summed E-state index contributed by atoms with van der Waals surface area (Å²) in [5.41, 5.74) is 2.02. The summed E-state index contributed by atoms with van der Waals surface area (Å²) in [5.74, 6) is 0.601. The zero-order chi connectivity index (χ0) is 14.4. The number of para-hydroxylation sites is 1. The van der Waals surface area contributed by atoms with Gasteiger partial charge in [-0.3, -0.25) is 9.89 Å². The minimum atomic E-state index is -0.187. The number of nitrogens with zero attached hydrogens (tertiary/aromatic N) is 1. The van der Waals surface area contributed by atoms with E-state index in [4.69, 9.17) is 4.74 Å². The molecule has 0 saturated heterocycles. The lowest BCUT2D eigenvalue weighted by atomic mass is 10.1. The van der Waals surface area contributed by atoms with Crippen LogP contribution < -0.4 is 10.1 Å². The Hall–Kier alpha value is -2.30. The number of carbonyl (C=O) groups excluding carboxylic acids is 1. The number of carbonyl (C=O) groups is 1. The van der Waals surface area contributed by atoms with Crippen molar-refractivity contribution < 1.29 is 9.53 Å². The second kappa shape index (κ2) is 6.75. The van der Waals surface area contributed by atoms with Crippen molar-refractivity contribution in [1.82, 2.24) is 15.5 Å². The van der Waals surface area contributed by atoms with Crippen LogP contribution in [0.5, 0.6) is 5.75 Å². The van der Waals surface area contributed by atoms with Gasteiger partial charge in [0.15, 0.2) is 0 Å². The lowest BCUT2D eigenvalue weighted by Gasteiger charge is -2.09. The molecule has 1 aromatic carbocycles. The van der Waals surface area contributed by atoms with Gasteiger partial charge in [-0.15, -0.1) is 0 Å². The van der Waals surface area contributed by atoms with E-state index in [0.29, 0.717) is 18.0 Å². The number of hydrogen-bond acceptors (Lipinski definition) is 3. The highest BCUT2D eigenvalue weighted by Gasteiger charge is 2.12. The monoisotopic (exact) mass is 273 g/mol. The summed E-state index contributed by atoms with van der Waals surface area (Å²) in [5, 5.41) is 9.47. The van der Waals surface area contributed by atoms with Crippen molar-refractivity contribution in [3.8, 4) is 17.0 Å². The molecule has 5 nitrogen and oxygen atoms in total. The van der Waals surface area contributed by atoms with Crippen molar-refractivity contribution in [3.63, 3.8) is 0 Å². The lowest BCUT2D eigenvalue weighted by molar-refractivity contribution is 0.0958. The quantitative estimate of drug-likeness (QED) is 0.795. The Balaban J connectivity index is 2.23. The smallest absolute Gasteiger partial charge is 0.269 e. The molecule has 1 aromatic heterocycles. The van der Waals surface area contributed by atoms with Crippen LogP contribution in [0.1, 0.15) is 30.3 Å². The van der Waals surface area contributed by atoms with Gasteiger partial charge in [-0.25, -0.2) is 0 Å². The predicted molar refractivity (Wildman–Crippen MR) is 77.8 cm³/mol. The second-order valence-corrected chi connectivity index (χ2v) is 4.44. The molecule has 20 heavy (non-hydrogen) atoms. The molecule has 0 aliphatic carbocycles. The highest BCUT2D eigenvalue weighted by atomic mass is 16.5. The lowest BCUT2D eigenvalue weighted by Crippen LogP contribution is -2.17. The third-order valence-electron chi connectivity index (χ3n) is 2.97. The van der Waals surface area contributed by atoms with Crippen molar-refractivity contribution >= 4 is 5.91 Å². The number of aromatic nitrogens is 2. The first-order valence-corrected chi connectivity index (χ1v) is 6.76. The maximum absolute atomic E-state index is 11.5. The fourth-order valence-corrected chi connectivity index (χ4v) is 1.84. The number of unbranched alkanes of at least 4 members (excludes halogenated alkanes) is 1. The minimum absolute atomic E-state index is 0.187. The molecule has 0 bridgehead atoms. The fourth-order valence-electron chi connectivity index (χ4n) is 1.84. The maximum Gasteiger partial charge on any atom is 0.269 e. The zero-order valence-corrected chi connectivity index (χ0v) is 11.8. The van der Waals surface area contributed by atoms with E-state index < -0.39 is 0 Å². The van der Waals surface area contributed by atoms with Crippen LogP contribution >= 0.6 is 0 Å². The Morgan fingerprint density at radius 3 is 2.95 bits per heavy atom. The number of ether oxygens (including phenoxy) is 1. The van der Waals surface area contributed by atoms with Crippen molar-refractivity contribution in [2.45, 2.75) is 19.8 Å². The van der Waals surface area contributed by atoms with Gasteiger partial charge in [0.05, 0.1) is 12.3 Å². The Morgan fingerprint density at radius 2 is 2.20 bits per heavy atom. The molecule has 0 aliphatic heterocycles. The van der Waals surface area contributed by atoms with Crippen molar-refractivity contribution in [1.29, 1.82) is 0 Å². The van der Waals surface area contributed by atoms with E-state index >= 15 is 0 Å². The summed E-state index contributed by atoms with van der Waals surface area (Å²) in [4.78, 5) is 11.5. The maximum atomic E-state index is 11.5. The SMILES string of the molecule is CCCCOc1ccccc1-c1cc(C(=O)NC)[nH]n1. The Morgan fingerprint density at radius 1 is 1.40 bits per heavy atom. The molecular weight excluding hydrogens is 254 g/mol. The highest BCUT2D eigenvalue weighted by Crippen LogP contribution is 2.28. The van der Waals surface area contributed by atoms with E-state index in [1.54, 1.807) is 13.1 Å². The number of amides is 1. The van der Waals surface area contributed by atoms with E-state index in [9.17, 15) is 4.79 Å². The molecule has 5 heteroatoms. The van der Waals surface area contributed by atoms with E-state index in [2.05, 4.69) is 22.4 Å². The average Bonchev–Trinajstić information content (AvgIpc) is 2.97. The van der Waals surface area contributed by atoms with Crippen LogP contribution in [0.4, 0.5) is 0 Å². The number of hydrogen-bond donors (Lipinski definition) is 2. The first-order valence-electron chi connectivity index (χ1n) is 6.76. The topological polar surface area (TPSA) is 67.0 Å². The van der Waals surface area contributed by atoms with Crippen LogP contribution in [-0.2, 0) is 0 Å². The minimum Gasteiger partial charge on any atom is -0.493 e. The molecule has 0 aliphatic rings. The van der Waals surface area contributed by atoms with Gasteiger partial charge < -0.3 is 10.1 Å². The molecule has 1 amide bonds. The number of nitrogens with one attached hydrogen (secondary N) is 2. The van der Waals surface area contributed by atoms with E-state index in [1.807, 2.05) is 24.3 Å². The summed E-state index contributed by atoms with van der Waals surface area (Å²) >= 11 is 0. The summed E-state index contributed by atoms with van der Waals surface area (Å²) in [6, 6.07) is 9.43. The Kier molecular flexibility index (Phi) is 4.76. The van der Waals surface area contributed by atoms with Gasteiger partial charge >= 0.3 is 0 Å². The second-order valence-electron chi connectivity index (χ2n) is 4.44. The van der Waals surface area contributed by atoms with Crippen LogP contribution in [0.25, 0.3) is 11.3 Å². The van der Waals surface area contributed by atoms with Gasteiger partial charge in [-0.1, -0.05) is 25.5 Å². The van der Waals surface area contributed by atoms with Gasteiger partial charge in [0.25, 0.3) is 5.91 Å². The third kappa shape index (κ3) is 3.17. The van der Waals surface area contributed by atoms with Crippen molar-refractivity contribution in [2.75, 3.05) is 13.7 Å². The third-order valence-corrected chi connectivity index (χ3v) is 2.97. The zero-order valence-electron chi connectivity index (χ0n) is 11.8. The first kappa shape index (κ1) is 14.1. The Labute approximate surface area is 118 Å². The van der Waals surface area contributed by atoms with Gasteiger partial charge in [-0.2, -0.15) is 5.10 Å². The van der Waals surface area contributed by atoms with E-state index in [-0.39, 0.29) is 5.91 Å². The highest BCUT2D eigenvalue weighted by molar-refractivity contribution is 5.93.